The van der Waals surface area contributed by atoms with Gasteiger partial charge in [-0.1, -0.05) is 0 Å². The number of nitrogen functional groups attached to an aromatic ring is 1. The Labute approximate surface area is 187 Å². The Morgan fingerprint density at radius 1 is 1.24 bits per heavy atom. The molecule has 0 saturated heterocycles. The van der Waals surface area contributed by atoms with Gasteiger partial charge in [0.1, 0.15) is 18.5 Å². The third-order valence-electron chi connectivity index (χ3n) is 4.95. The molecule has 0 saturated carbocycles. The molecule has 1 atom stereocenters. The van der Waals surface area contributed by atoms with Crippen LogP contribution in [0.1, 0.15) is 28.9 Å². The number of nitrogens with zero attached hydrogens (tertiary/aromatic N) is 3. The number of carbonyl (C=O) groups excluding carboxylic acids is 1. The summed E-state index contributed by atoms with van der Waals surface area (Å²) in [6.07, 6.45) is 2.74. The van der Waals surface area contributed by atoms with Gasteiger partial charge in [-0.15, -0.1) is 0 Å². The molecule has 9 nitrogen and oxygen atoms in total. The van der Waals surface area contributed by atoms with Crippen LogP contribution in [-0.4, -0.2) is 38.3 Å². The van der Waals surface area contributed by atoms with Gasteiger partial charge in [0.15, 0.2) is 11.6 Å². The number of carboxylic acids is 1. The largest absolute Gasteiger partial charge is 0.482 e. The predicted molar refractivity (Wildman–Crippen MR) is 119 cm³/mol. The minimum Gasteiger partial charge on any atom is -0.482 e. The lowest BCUT2D eigenvalue weighted by molar-refractivity contribution is -0.135. The van der Waals surface area contributed by atoms with Gasteiger partial charge in [0.25, 0.3) is 5.91 Å². The fraction of sp³-hybridized carbons (Fsp3) is 0.130. The molecule has 33 heavy (non-hydrogen) atoms. The standard InChI is InChI=1S/C23H20FN5O4/c1-13(33-20-11-15-9-16(24)4-5-18(15)28-22(20)25)17-10-14(23(32)26-12-21(30)31)3-6-19(17)29-8-2-7-27-29/h2-11,13H,12H2,1H3,(H2,25,28)(H,26,32)(H,30,31). The van der Waals surface area contributed by atoms with Crippen LogP contribution in [0.15, 0.2) is 60.9 Å². The first-order chi connectivity index (χ1) is 15.8. The summed E-state index contributed by atoms with van der Waals surface area (Å²) in [6, 6.07) is 12.4. The zero-order valence-electron chi connectivity index (χ0n) is 17.5. The highest BCUT2D eigenvalue weighted by atomic mass is 19.1. The number of nitrogens with one attached hydrogen (secondary N) is 1. The first kappa shape index (κ1) is 21.8. The highest BCUT2D eigenvalue weighted by Gasteiger charge is 2.19. The highest BCUT2D eigenvalue weighted by Crippen LogP contribution is 2.32. The molecule has 0 aliphatic heterocycles. The second kappa shape index (κ2) is 8.95. The summed E-state index contributed by atoms with van der Waals surface area (Å²) in [6.45, 7) is 1.26. The fourth-order valence-electron chi connectivity index (χ4n) is 3.39. The molecular weight excluding hydrogens is 429 g/mol. The molecule has 0 bridgehead atoms. The quantitative estimate of drug-likeness (QED) is 0.395. The number of fused-ring (bicyclic) bond motifs is 1. The van der Waals surface area contributed by atoms with Crippen molar-refractivity contribution in [2.24, 2.45) is 0 Å². The Morgan fingerprint density at radius 3 is 2.79 bits per heavy atom. The van der Waals surface area contributed by atoms with Gasteiger partial charge in [0, 0.05) is 28.9 Å². The number of carboxylic acid groups (broad SMARTS) is 1. The molecule has 4 rings (SSSR count). The maximum absolute atomic E-state index is 13.7. The summed E-state index contributed by atoms with van der Waals surface area (Å²) in [4.78, 5) is 27.5. The van der Waals surface area contributed by atoms with E-state index >= 15 is 0 Å². The molecular formula is C23H20FN5O4. The minimum absolute atomic E-state index is 0.136. The molecule has 1 amide bonds. The third kappa shape index (κ3) is 4.74. The van der Waals surface area contributed by atoms with Gasteiger partial charge >= 0.3 is 5.97 Å². The normalized spacial score (nSPS) is 11.8. The monoisotopic (exact) mass is 449 g/mol. The van der Waals surface area contributed by atoms with Crippen LogP contribution in [0, 0.1) is 5.82 Å². The van der Waals surface area contributed by atoms with Crippen LogP contribution in [0.4, 0.5) is 10.2 Å². The zero-order chi connectivity index (χ0) is 23.5. The second-order valence-corrected chi connectivity index (χ2v) is 7.27. The van der Waals surface area contributed by atoms with Crippen LogP contribution >= 0.6 is 0 Å². The second-order valence-electron chi connectivity index (χ2n) is 7.27. The van der Waals surface area contributed by atoms with E-state index in [-0.39, 0.29) is 17.1 Å². The smallest absolute Gasteiger partial charge is 0.322 e. The maximum Gasteiger partial charge on any atom is 0.322 e. The number of rotatable bonds is 7. The van der Waals surface area contributed by atoms with Gasteiger partial charge in [0.2, 0.25) is 0 Å². The Morgan fingerprint density at radius 2 is 2.06 bits per heavy atom. The molecule has 0 spiro atoms. The number of amides is 1. The van der Waals surface area contributed by atoms with E-state index < -0.39 is 30.3 Å². The Balaban J connectivity index is 1.70. The lowest BCUT2D eigenvalue weighted by Gasteiger charge is -2.20. The average Bonchev–Trinajstić information content (AvgIpc) is 3.32. The number of anilines is 1. The number of ether oxygens (including phenoxy) is 1. The van der Waals surface area contributed by atoms with Crippen LogP contribution in [0.3, 0.4) is 0 Å². The molecule has 0 radical (unpaired) electrons. The predicted octanol–water partition coefficient (Wildman–Crippen LogP) is 3.10. The Hall–Kier alpha value is -4.47. The van der Waals surface area contributed by atoms with Crippen LogP contribution in [0.2, 0.25) is 0 Å². The minimum atomic E-state index is -1.15. The summed E-state index contributed by atoms with van der Waals surface area (Å²) >= 11 is 0. The van der Waals surface area contributed by atoms with E-state index in [1.807, 2.05) is 0 Å². The van der Waals surface area contributed by atoms with Crippen molar-refractivity contribution in [2.45, 2.75) is 13.0 Å². The third-order valence-corrected chi connectivity index (χ3v) is 4.95. The summed E-state index contributed by atoms with van der Waals surface area (Å²) in [5, 5.41) is 15.9. The average molecular weight is 449 g/mol. The van der Waals surface area contributed by atoms with Gasteiger partial charge in [-0.3, -0.25) is 9.59 Å². The molecule has 2 aromatic heterocycles. The number of aliphatic carboxylic acids is 1. The van der Waals surface area contributed by atoms with Crippen LogP contribution < -0.4 is 15.8 Å². The van der Waals surface area contributed by atoms with E-state index in [2.05, 4.69) is 15.4 Å². The number of nitrogens with two attached hydrogens (primary N) is 1. The van der Waals surface area contributed by atoms with Gasteiger partial charge in [0.05, 0.1) is 11.2 Å². The van der Waals surface area contributed by atoms with Crippen molar-refractivity contribution in [1.82, 2.24) is 20.1 Å². The van der Waals surface area contributed by atoms with Crippen molar-refractivity contribution in [3.05, 3.63) is 77.9 Å². The molecule has 0 fully saturated rings. The molecule has 2 aromatic carbocycles. The zero-order valence-corrected chi connectivity index (χ0v) is 17.5. The molecule has 168 valence electrons. The van der Waals surface area contributed by atoms with E-state index in [4.69, 9.17) is 15.6 Å². The number of hydrogen-bond donors (Lipinski definition) is 3. The first-order valence-corrected chi connectivity index (χ1v) is 9.98. The Bertz CT molecular complexity index is 1340. The van der Waals surface area contributed by atoms with Gasteiger partial charge in [-0.2, -0.15) is 5.10 Å². The van der Waals surface area contributed by atoms with E-state index in [1.54, 1.807) is 54.3 Å². The maximum atomic E-state index is 13.7. The molecule has 4 N–H and O–H groups in total. The molecule has 4 aromatic rings. The number of hydrogen-bond acceptors (Lipinski definition) is 6. The number of carbonyl (C=O) groups is 2. The Kier molecular flexibility index (Phi) is 5.90. The van der Waals surface area contributed by atoms with E-state index in [9.17, 15) is 14.0 Å². The first-order valence-electron chi connectivity index (χ1n) is 9.98. The van der Waals surface area contributed by atoms with Gasteiger partial charge in [-0.25, -0.2) is 14.1 Å². The van der Waals surface area contributed by atoms with Crippen molar-refractivity contribution in [1.29, 1.82) is 0 Å². The fourth-order valence-corrected chi connectivity index (χ4v) is 3.39. The van der Waals surface area contributed by atoms with Crippen molar-refractivity contribution in [2.75, 3.05) is 12.3 Å². The van der Waals surface area contributed by atoms with Crippen molar-refractivity contribution >= 4 is 28.6 Å². The topological polar surface area (TPSA) is 132 Å². The molecule has 0 aliphatic carbocycles. The van der Waals surface area contributed by atoms with Crippen LogP contribution in [0.5, 0.6) is 5.75 Å². The summed E-state index contributed by atoms with van der Waals surface area (Å²) in [5.41, 5.74) is 8.10. The van der Waals surface area contributed by atoms with E-state index in [1.165, 1.54) is 18.2 Å². The number of aromatic nitrogens is 3. The van der Waals surface area contributed by atoms with Gasteiger partial charge < -0.3 is 20.9 Å². The van der Waals surface area contributed by atoms with Crippen molar-refractivity contribution < 1.29 is 23.8 Å². The highest BCUT2D eigenvalue weighted by molar-refractivity contribution is 5.96. The van der Waals surface area contributed by atoms with Gasteiger partial charge in [-0.05, 0) is 55.5 Å². The van der Waals surface area contributed by atoms with Crippen LogP contribution in [0.25, 0.3) is 16.6 Å². The number of pyridine rings is 1. The summed E-state index contributed by atoms with van der Waals surface area (Å²) in [7, 11) is 0. The number of halogens is 1. The van der Waals surface area contributed by atoms with Crippen LogP contribution in [-0.2, 0) is 4.79 Å². The molecule has 0 aliphatic rings. The molecule has 1 unspecified atom stereocenters. The number of benzene rings is 2. The van der Waals surface area contributed by atoms with Crippen molar-refractivity contribution in [3.63, 3.8) is 0 Å². The SMILES string of the molecule is CC(Oc1cc2cc(F)ccc2nc1N)c1cc(C(=O)NCC(=O)O)ccc1-n1cccn1. The summed E-state index contributed by atoms with van der Waals surface area (Å²) in [5.74, 6) is -1.71. The lowest BCUT2D eigenvalue weighted by Crippen LogP contribution is -2.29. The summed E-state index contributed by atoms with van der Waals surface area (Å²) < 4.78 is 21.3. The van der Waals surface area contributed by atoms with E-state index in [0.29, 0.717) is 22.2 Å². The molecule has 2 heterocycles. The van der Waals surface area contributed by atoms with Crippen molar-refractivity contribution in [3.8, 4) is 11.4 Å². The lowest BCUT2D eigenvalue weighted by atomic mass is 10.0. The molecule has 10 heteroatoms. The van der Waals surface area contributed by atoms with E-state index in [0.717, 1.165) is 0 Å².